The summed E-state index contributed by atoms with van der Waals surface area (Å²) in [5, 5.41) is 25.0. The van der Waals surface area contributed by atoms with E-state index >= 15 is 0 Å². The van der Waals surface area contributed by atoms with Gasteiger partial charge in [-0.15, -0.1) is 0 Å². The third-order valence-corrected chi connectivity index (χ3v) is 10.4. The zero-order valence-corrected chi connectivity index (χ0v) is 23.4. The number of amides is 2. The van der Waals surface area contributed by atoms with E-state index in [1.54, 1.807) is 0 Å². The van der Waals surface area contributed by atoms with Gasteiger partial charge in [-0.1, -0.05) is 11.6 Å². The molecule has 4 atom stereocenters. The fraction of sp³-hybridized carbons (Fsp3) is 0.481. The molecule has 4 N–H and O–H groups in total. The number of nitrogens with one attached hydrogen (secondary N) is 2. The topological polar surface area (TPSA) is 133 Å². The molecule has 0 saturated heterocycles. The van der Waals surface area contributed by atoms with Crippen LogP contribution in [0.2, 0.25) is 5.02 Å². The second-order valence-corrected chi connectivity index (χ2v) is 13.8. The minimum atomic E-state index is -4.10. The van der Waals surface area contributed by atoms with Gasteiger partial charge >= 0.3 is 0 Å². The van der Waals surface area contributed by atoms with Crippen LogP contribution in [0.25, 0.3) is 0 Å². The molecule has 4 rings (SSSR count). The number of aliphatic hydroxyl groups is 2. The predicted octanol–water partition coefficient (Wildman–Crippen LogP) is 3.98. The average molecular weight is 603 g/mol. The van der Waals surface area contributed by atoms with Gasteiger partial charge in [-0.05, 0) is 69.6 Å². The molecule has 2 saturated carbocycles. The van der Waals surface area contributed by atoms with Crippen LogP contribution < -0.4 is 10.6 Å². The third-order valence-electron chi connectivity index (χ3n) is 7.71. The SMILES string of the molecule is CC(C)(O)CNC(=O)C[C@@]1(O)C2CC[C@H]1C[C@H](S(=O)(=O)c1cc(C(=O)Nc3cc(F)c(F)c(F)c3)ccc1Cl)C2. The van der Waals surface area contributed by atoms with Crippen molar-refractivity contribution in [1.29, 1.82) is 0 Å². The molecule has 0 aromatic heterocycles. The first-order valence-electron chi connectivity index (χ1n) is 12.7. The Morgan fingerprint density at radius 2 is 1.65 bits per heavy atom. The van der Waals surface area contributed by atoms with Gasteiger partial charge in [0.25, 0.3) is 5.91 Å². The Kier molecular flexibility index (Phi) is 8.30. The van der Waals surface area contributed by atoms with E-state index in [1.165, 1.54) is 26.0 Å². The smallest absolute Gasteiger partial charge is 0.255 e. The molecule has 8 nitrogen and oxygen atoms in total. The molecule has 40 heavy (non-hydrogen) atoms. The molecule has 2 aliphatic carbocycles. The maximum Gasteiger partial charge on any atom is 0.255 e. The Balaban J connectivity index is 1.51. The van der Waals surface area contributed by atoms with Crippen molar-refractivity contribution in [2.45, 2.75) is 67.3 Å². The summed E-state index contributed by atoms with van der Waals surface area (Å²) in [6.07, 6.45) is 1.01. The van der Waals surface area contributed by atoms with E-state index in [2.05, 4.69) is 10.6 Å². The van der Waals surface area contributed by atoms with Crippen molar-refractivity contribution in [1.82, 2.24) is 5.32 Å². The lowest BCUT2D eigenvalue weighted by atomic mass is 9.72. The number of halogens is 4. The maximum absolute atomic E-state index is 13.7. The van der Waals surface area contributed by atoms with Crippen molar-refractivity contribution >= 4 is 38.9 Å². The Morgan fingerprint density at radius 3 is 2.20 bits per heavy atom. The summed E-state index contributed by atoms with van der Waals surface area (Å²) in [5.41, 5.74) is -3.04. The molecule has 0 aliphatic heterocycles. The van der Waals surface area contributed by atoms with E-state index in [-0.39, 0.29) is 47.0 Å². The van der Waals surface area contributed by atoms with Crippen LogP contribution in [0.1, 0.15) is 56.3 Å². The lowest BCUT2D eigenvalue weighted by Gasteiger charge is -2.42. The summed E-state index contributed by atoms with van der Waals surface area (Å²) in [5.74, 6) is -6.97. The summed E-state index contributed by atoms with van der Waals surface area (Å²) in [4.78, 5) is 24.9. The van der Waals surface area contributed by atoms with E-state index in [0.29, 0.717) is 25.0 Å². The Morgan fingerprint density at radius 1 is 1.07 bits per heavy atom. The summed E-state index contributed by atoms with van der Waals surface area (Å²) < 4.78 is 67.7. The molecule has 2 bridgehead atoms. The monoisotopic (exact) mass is 602 g/mol. The number of carbonyl (C=O) groups is 2. The summed E-state index contributed by atoms with van der Waals surface area (Å²) in [6.45, 7) is 3.07. The van der Waals surface area contributed by atoms with E-state index in [1.807, 2.05) is 0 Å². The second kappa shape index (κ2) is 11.0. The van der Waals surface area contributed by atoms with Crippen molar-refractivity contribution in [2.75, 3.05) is 11.9 Å². The second-order valence-electron chi connectivity index (χ2n) is 11.2. The number of rotatable bonds is 8. The zero-order valence-electron chi connectivity index (χ0n) is 21.8. The number of sulfone groups is 1. The highest BCUT2D eigenvalue weighted by molar-refractivity contribution is 7.92. The molecule has 2 aliphatic rings. The summed E-state index contributed by atoms with van der Waals surface area (Å²) in [7, 11) is -4.10. The van der Waals surface area contributed by atoms with Gasteiger partial charge in [-0.3, -0.25) is 9.59 Å². The van der Waals surface area contributed by atoms with Crippen molar-refractivity contribution in [2.24, 2.45) is 11.8 Å². The van der Waals surface area contributed by atoms with Crippen LogP contribution in [-0.4, -0.2) is 53.4 Å². The zero-order chi connectivity index (χ0) is 29.6. The highest BCUT2D eigenvalue weighted by Crippen LogP contribution is 2.53. The van der Waals surface area contributed by atoms with Crippen LogP contribution in [-0.2, 0) is 14.6 Å². The van der Waals surface area contributed by atoms with Crippen LogP contribution in [0.15, 0.2) is 35.2 Å². The van der Waals surface area contributed by atoms with Crippen molar-refractivity contribution in [3.8, 4) is 0 Å². The molecule has 0 heterocycles. The molecular formula is C27H30ClF3N2O6S. The Bertz CT molecular complexity index is 1410. The van der Waals surface area contributed by atoms with Crippen LogP contribution >= 0.6 is 11.6 Å². The van der Waals surface area contributed by atoms with E-state index in [9.17, 15) is 41.4 Å². The molecule has 13 heteroatoms. The molecule has 0 radical (unpaired) electrons. The van der Waals surface area contributed by atoms with Crippen LogP contribution in [0, 0.1) is 29.3 Å². The lowest BCUT2D eigenvalue weighted by molar-refractivity contribution is -0.133. The highest BCUT2D eigenvalue weighted by Gasteiger charge is 2.56. The largest absolute Gasteiger partial charge is 0.389 e. The third kappa shape index (κ3) is 6.14. The first kappa shape index (κ1) is 30.3. The Labute approximate surface area is 234 Å². The number of hydrogen-bond donors (Lipinski definition) is 4. The number of anilines is 1. The van der Waals surface area contributed by atoms with Crippen LogP contribution in [0.4, 0.5) is 18.9 Å². The number of benzene rings is 2. The van der Waals surface area contributed by atoms with Gasteiger partial charge in [-0.2, -0.15) is 0 Å². The van der Waals surface area contributed by atoms with Crippen LogP contribution in [0.3, 0.4) is 0 Å². The molecule has 218 valence electrons. The molecule has 2 aromatic rings. The van der Waals surface area contributed by atoms with Gasteiger partial charge in [-0.25, -0.2) is 21.6 Å². The number of carbonyl (C=O) groups excluding carboxylic acids is 2. The fourth-order valence-electron chi connectivity index (χ4n) is 5.66. The van der Waals surface area contributed by atoms with Gasteiger partial charge < -0.3 is 20.8 Å². The molecule has 0 spiro atoms. The van der Waals surface area contributed by atoms with Gasteiger partial charge in [0.15, 0.2) is 27.3 Å². The fourth-order valence-corrected chi connectivity index (χ4v) is 8.06. The van der Waals surface area contributed by atoms with E-state index in [0.717, 1.165) is 6.07 Å². The number of fused-ring (bicyclic) bond motifs is 2. The maximum atomic E-state index is 13.7. The average Bonchev–Trinajstić information content (AvgIpc) is 3.01. The predicted molar refractivity (Wildman–Crippen MR) is 141 cm³/mol. The van der Waals surface area contributed by atoms with Crippen molar-refractivity contribution in [3.05, 3.63) is 58.4 Å². The first-order chi connectivity index (χ1) is 18.5. The quantitative estimate of drug-likeness (QED) is 0.338. The molecule has 2 aromatic carbocycles. The highest BCUT2D eigenvalue weighted by atomic mass is 35.5. The van der Waals surface area contributed by atoms with Gasteiger partial charge in [0.1, 0.15) is 0 Å². The van der Waals surface area contributed by atoms with Crippen molar-refractivity contribution in [3.63, 3.8) is 0 Å². The van der Waals surface area contributed by atoms with E-state index in [4.69, 9.17) is 11.6 Å². The Hall–Kier alpha value is -2.67. The molecular weight excluding hydrogens is 573 g/mol. The standard InChI is InChI=1S/C27H30ClF3N2O6S/c1-26(2,36)13-32-23(34)12-27(37)15-4-5-16(27)9-18(8-15)40(38,39)22-7-14(3-6-19(22)28)25(35)33-17-10-20(29)24(31)21(30)11-17/h3,6-7,10-11,15-16,18,36-37H,4-5,8-9,12-13H2,1-2H3,(H,32,34)(H,33,35)/t15-,16?,18-,27-/m0/s1. The normalized spacial score (nSPS) is 24.6. The number of hydrogen-bond acceptors (Lipinski definition) is 6. The molecule has 2 fully saturated rings. The molecule has 1 unspecified atom stereocenters. The minimum Gasteiger partial charge on any atom is -0.389 e. The van der Waals surface area contributed by atoms with E-state index < -0.39 is 67.4 Å². The van der Waals surface area contributed by atoms with Gasteiger partial charge in [0.05, 0.1) is 32.8 Å². The summed E-state index contributed by atoms with van der Waals surface area (Å²) >= 11 is 6.23. The summed E-state index contributed by atoms with van der Waals surface area (Å²) in [6, 6.07) is 4.70. The van der Waals surface area contributed by atoms with Gasteiger partial charge in [0.2, 0.25) is 5.91 Å². The van der Waals surface area contributed by atoms with Gasteiger partial charge in [0, 0.05) is 29.9 Å². The molecule has 2 amide bonds. The van der Waals surface area contributed by atoms with Crippen LogP contribution in [0.5, 0.6) is 0 Å². The minimum absolute atomic E-state index is 0.00169. The van der Waals surface area contributed by atoms with Crippen molar-refractivity contribution < 1.29 is 41.4 Å². The lowest BCUT2D eigenvalue weighted by Crippen LogP contribution is -2.51. The first-order valence-corrected chi connectivity index (χ1v) is 14.6.